The molecule has 5 rings (SSSR count). The van der Waals surface area contributed by atoms with Gasteiger partial charge in [-0.25, -0.2) is 4.98 Å². The molecule has 29 heavy (non-hydrogen) atoms. The lowest BCUT2D eigenvalue weighted by molar-refractivity contribution is -0.124. The van der Waals surface area contributed by atoms with Crippen molar-refractivity contribution in [2.24, 2.45) is 34.5 Å². The van der Waals surface area contributed by atoms with Gasteiger partial charge in [0.25, 0.3) is 0 Å². The molecule has 0 unspecified atom stereocenters. The highest BCUT2D eigenvalue weighted by Gasteiger charge is 2.58. The number of nitrogens with zero attached hydrogens (tertiary/aromatic N) is 2. The quantitative estimate of drug-likeness (QED) is 0.785. The summed E-state index contributed by atoms with van der Waals surface area (Å²) >= 11 is 0. The average Bonchev–Trinajstić information content (AvgIpc) is 2.99. The maximum Gasteiger partial charge on any atom is 0.220 e. The molecule has 3 fully saturated rings. The van der Waals surface area contributed by atoms with Crippen molar-refractivity contribution in [2.45, 2.75) is 72.1 Å². The van der Waals surface area contributed by atoms with Crippen LogP contribution in [0.25, 0.3) is 5.57 Å². The van der Waals surface area contributed by atoms with Crippen molar-refractivity contribution < 1.29 is 4.79 Å². The summed E-state index contributed by atoms with van der Waals surface area (Å²) in [6.45, 7) is 8.02. The number of carbonyl (C=O) groups is 1. The zero-order valence-corrected chi connectivity index (χ0v) is 18.2. The van der Waals surface area contributed by atoms with Crippen LogP contribution in [0.4, 0.5) is 0 Å². The zero-order chi connectivity index (χ0) is 20.2. The van der Waals surface area contributed by atoms with Crippen LogP contribution in [0.5, 0.6) is 0 Å². The van der Waals surface area contributed by atoms with E-state index in [1.165, 1.54) is 37.7 Å². The molecular formula is C25H35N3O. The lowest BCUT2D eigenvalue weighted by Gasteiger charge is -2.58. The molecule has 1 amide bonds. The highest BCUT2D eigenvalue weighted by molar-refractivity contribution is 5.76. The second-order valence-corrected chi connectivity index (χ2v) is 10.5. The Bertz CT molecular complexity index is 848. The number of aryl methyl sites for hydroxylation is 1. The molecule has 4 heteroatoms. The van der Waals surface area contributed by atoms with Crippen molar-refractivity contribution in [3.63, 3.8) is 0 Å². The molecule has 6 atom stereocenters. The number of allylic oxidation sites excluding steroid dienone is 2. The van der Waals surface area contributed by atoms with Crippen molar-refractivity contribution in [1.82, 2.24) is 15.3 Å². The number of hydrogen-bond donors (Lipinski definition) is 1. The van der Waals surface area contributed by atoms with Gasteiger partial charge in [0.1, 0.15) is 0 Å². The van der Waals surface area contributed by atoms with E-state index in [0.29, 0.717) is 17.3 Å². The van der Waals surface area contributed by atoms with Gasteiger partial charge < -0.3 is 5.32 Å². The van der Waals surface area contributed by atoms with Crippen LogP contribution >= 0.6 is 0 Å². The maximum absolute atomic E-state index is 12.2. The summed E-state index contributed by atoms with van der Waals surface area (Å²) in [5, 5.41) is 3.15. The molecule has 4 aliphatic rings. The van der Waals surface area contributed by atoms with E-state index >= 15 is 0 Å². The first-order valence-corrected chi connectivity index (χ1v) is 11.7. The second kappa shape index (κ2) is 6.92. The largest absolute Gasteiger partial charge is 0.356 e. The third kappa shape index (κ3) is 2.89. The Morgan fingerprint density at radius 1 is 1.14 bits per heavy atom. The summed E-state index contributed by atoms with van der Waals surface area (Å²) in [7, 11) is 0. The summed E-state index contributed by atoms with van der Waals surface area (Å²) in [4.78, 5) is 21.6. The molecule has 0 radical (unpaired) electrons. The van der Waals surface area contributed by atoms with E-state index in [1.807, 2.05) is 12.4 Å². The topological polar surface area (TPSA) is 54.9 Å². The minimum absolute atomic E-state index is 0.226. The first-order valence-electron chi connectivity index (χ1n) is 11.7. The van der Waals surface area contributed by atoms with E-state index in [1.54, 1.807) is 0 Å². The molecule has 0 aromatic carbocycles. The van der Waals surface area contributed by atoms with Gasteiger partial charge in [-0.15, -0.1) is 0 Å². The summed E-state index contributed by atoms with van der Waals surface area (Å²) < 4.78 is 0. The molecule has 3 aliphatic carbocycles. The van der Waals surface area contributed by atoms with Crippen molar-refractivity contribution in [3.8, 4) is 0 Å². The molecule has 1 aromatic heterocycles. The molecule has 1 aromatic rings. The van der Waals surface area contributed by atoms with E-state index in [4.69, 9.17) is 4.98 Å². The van der Waals surface area contributed by atoms with Crippen LogP contribution in [-0.2, 0) is 11.2 Å². The van der Waals surface area contributed by atoms with Gasteiger partial charge in [0, 0.05) is 19.2 Å². The predicted octanol–water partition coefficient (Wildman–Crippen LogP) is 4.80. The van der Waals surface area contributed by atoms with Crippen LogP contribution in [0.2, 0.25) is 0 Å². The van der Waals surface area contributed by atoms with Gasteiger partial charge in [-0.05, 0) is 85.0 Å². The Kier molecular flexibility index (Phi) is 4.60. The number of aromatic nitrogens is 2. The van der Waals surface area contributed by atoms with E-state index < -0.39 is 0 Å². The first kappa shape index (κ1) is 19.3. The highest BCUT2D eigenvalue weighted by Crippen LogP contribution is 2.66. The van der Waals surface area contributed by atoms with Crippen molar-refractivity contribution in [3.05, 3.63) is 29.9 Å². The van der Waals surface area contributed by atoms with Gasteiger partial charge in [0.05, 0.1) is 17.6 Å². The fourth-order valence-corrected chi connectivity index (χ4v) is 7.70. The maximum atomic E-state index is 12.2. The van der Waals surface area contributed by atoms with Gasteiger partial charge in [-0.2, -0.15) is 0 Å². The van der Waals surface area contributed by atoms with Crippen LogP contribution in [0.1, 0.15) is 77.1 Å². The van der Waals surface area contributed by atoms with Crippen LogP contribution in [0.15, 0.2) is 18.5 Å². The monoisotopic (exact) mass is 393 g/mol. The van der Waals surface area contributed by atoms with Crippen LogP contribution < -0.4 is 5.32 Å². The molecule has 156 valence electrons. The summed E-state index contributed by atoms with van der Waals surface area (Å²) in [6.07, 6.45) is 15.4. The third-order valence-corrected chi connectivity index (χ3v) is 9.39. The Hall–Kier alpha value is -1.71. The van der Waals surface area contributed by atoms with Gasteiger partial charge in [0.15, 0.2) is 0 Å². The summed E-state index contributed by atoms with van der Waals surface area (Å²) in [6, 6.07) is 0. The Labute approximate surface area is 175 Å². The lowest BCUT2D eigenvalue weighted by Crippen LogP contribution is -2.51. The third-order valence-electron chi connectivity index (χ3n) is 9.39. The molecule has 0 bridgehead atoms. The Balaban J connectivity index is 1.44. The van der Waals surface area contributed by atoms with E-state index in [0.717, 1.165) is 49.0 Å². The van der Waals surface area contributed by atoms with Crippen molar-refractivity contribution >= 4 is 11.5 Å². The van der Waals surface area contributed by atoms with E-state index in [-0.39, 0.29) is 11.3 Å². The number of amides is 1. The summed E-state index contributed by atoms with van der Waals surface area (Å²) in [5.41, 5.74) is 4.19. The van der Waals surface area contributed by atoms with Crippen LogP contribution in [0, 0.1) is 34.5 Å². The second-order valence-electron chi connectivity index (χ2n) is 10.5. The number of hydrogen-bond acceptors (Lipinski definition) is 3. The molecule has 1 aliphatic heterocycles. The van der Waals surface area contributed by atoms with Gasteiger partial charge in [0.2, 0.25) is 5.91 Å². The molecular weight excluding hydrogens is 358 g/mol. The number of rotatable bonds is 2. The van der Waals surface area contributed by atoms with Gasteiger partial charge in [-0.3, -0.25) is 9.78 Å². The fraction of sp³-hybridized carbons (Fsp3) is 0.720. The standard InChI is InChI=1S/C25H35N3O/c1-4-17-14-26-15-22(28-17)21-8-7-19-18-6-5-16-13-23(29)27-12-11-24(16,2)20(18)9-10-25(19,21)3/h8,14-16,18-20H,4-7,9-13H2,1-3H3,(H,27,29)/t16-,18-,19-,20-,24-,25-/m0/s1. The van der Waals surface area contributed by atoms with Crippen LogP contribution in [-0.4, -0.2) is 22.4 Å². The molecule has 4 nitrogen and oxygen atoms in total. The number of nitrogens with one attached hydrogen (secondary N) is 1. The molecule has 0 spiro atoms. The Morgan fingerprint density at radius 3 is 2.83 bits per heavy atom. The van der Waals surface area contributed by atoms with E-state index in [2.05, 4.69) is 37.1 Å². The minimum Gasteiger partial charge on any atom is -0.356 e. The number of carbonyl (C=O) groups excluding carboxylic acids is 1. The highest BCUT2D eigenvalue weighted by atomic mass is 16.1. The lowest BCUT2D eigenvalue weighted by atomic mass is 9.46. The van der Waals surface area contributed by atoms with E-state index in [9.17, 15) is 4.79 Å². The molecule has 1 saturated heterocycles. The van der Waals surface area contributed by atoms with Crippen molar-refractivity contribution in [1.29, 1.82) is 0 Å². The summed E-state index contributed by atoms with van der Waals surface area (Å²) in [5.74, 6) is 3.09. The smallest absolute Gasteiger partial charge is 0.220 e. The molecule has 2 saturated carbocycles. The molecule has 2 heterocycles. The Morgan fingerprint density at radius 2 is 2.00 bits per heavy atom. The van der Waals surface area contributed by atoms with Crippen LogP contribution in [0.3, 0.4) is 0 Å². The zero-order valence-electron chi connectivity index (χ0n) is 18.2. The minimum atomic E-state index is 0.226. The average molecular weight is 394 g/mol. The normalized spacial score (nSPS) is 41.5. The van der Waals surface area contributed by atoms with Crippen molar-refractivity contribution in [2.75, 3.05) is 6.54 Å². The SMILES string of the molecule is CCc1cncc(C2=CC[C@H]3[C@@H]4CC[C@H]5CC(=O)NCC[C@]5(C)[C@H]4CC[C@]23C)n1. The number of fused-ring (bicyclic) bond motifs is 5. The predicted molar refractivity (Wildman–Crippen MR) is 115 cm³/mol. The van der Waals surface area contributed by atoms with Gasteiger partial charge in [-0.1, -0.05) is 26.8 Å². The van der Waals surface area contributed by atoms with Gasteiger partial charge >= 0.3 is 0 Å². The molecule has 1 N–H and O–H groups in total. The fourth-order valence-electron chi connectivity index (χ4n) is 7.70. The first-order chi connectivity index (χ1) is 14.0.